The molecule has 0 saturated heterocycles. The molecule has 0 bridgehead atoms. The predicted octanol–water partition coefficient (Wildman–Crippen LogP) is 1.61. The van der Waals surface area contributed by atoms with Crippen LogP contribution in [0.3, 0.4) is 0 Å². The molecule has 0 aliphatic carbocycles. The van der Waals surface area contributed by atoms with Crippen LogP contribution in [0.15, 0.2) is 18.2 Å². The summed E-state index contributed by atoms with van der Waals surface area (Å²) in [5, 5.41) is 7.48. The van der Waals surface area contributed by atoms with Crippen LogP contribution in [-0.4, -0.2) is 38.0 Å². The molecule has 0 spiro atoms. The molecule has 1 aromatic rings. The summed E-state index contributed by atoms with van der Waals surface area (Å²) in [6, 6.07) is 5.69. The summed E-state index contributed by atoms with van der Waals surface area (Å²) < 4.78 is 5.68. The summed E-state index contributed by atoms with van der Waals surface area (Å²) >= 11 is 0. The van der Waals surface area contributed by atoms with E-state index in [2.05, 4.69) is 4.90 Å². The molecular weight excluding hydrogens is 214 g/mol. The number of hydrogen-bond acceptors (Lipinski definition) is 3. The van der Waals surface area contributed by atoms with Gasteiger partial charge in [0.15, 0.2) is 0 Å². The number of rotatable bonds is 6. The third kappa shape index (κ3) is 4.44. The van der Waals surface area contributed by atoms with Gasteiger partial charge in [0.1, 0.15) is 11.6 Å². The van der Waals surface area contributed by atoms with Crippen LogP contribution in [0.2, 0.25) is 0 Å². The Bertz CT molecular complexity index is 388. The molecular formula is C13H21N3O. The Morgan fingerprint density at radius 1 is 1.41 bits per heavy atom. The van der Waals surface area contributed by atoms with Gasteiger partial charge in [0, 0.05) is 6.54 Å². The molecule has 1 aromatic carbocycles. The standard InChI is InChI=1S/C13H21N3O/c1-10-5-6-11(13(14)15)12(9-10)17-8-4-7-16(2)3/h5-6,9H,4,7-8H2,1-3H3,(H3,14,15). The number of nitrogens with two attached hydrogens (primary N) is 1. The van der Waals surface area contributed by atoms with Crippen molar-refractivity contribution in [3.63, 3.8) is 0 Å². The zero-order valence-corrected chi connectivity index (χ0v) is 10.8. The molecule has 0 aliphatic heterocycles. The monoisotopic (exact) mass is 235 g/mol. The van der Waals surface area contributed by atoms with Gasteiger partial charge in [-0.25, -0.2) is 0 Å². The molecule has 0 atom stereocenters. The predicted molar refractivity (Wildman–Crippen MR) is 70.9 cm³/mol. The second kappa shape index (κ2) is 6.25. The Labute approximate surface area is 103 Å². The summed E-state index contributed by atoms with van der Waals surface area (Å²) in [6.45, 7) is 3.62. The van der Waals surface area contributed by atoms with E-state index in [0.29, 0.717) is 17.9 Å². The number of nitrogens with one attached hydrogen (secondary N) is 1. The highest BCUT2D eigenvalue weighted by Crippen LogP contribution is 2.19. The van der Waals surface area contributed by atoms with Gasteiger partial charge in [-0.3, -0.25) is 5.41 Å². The van der Waals surface area contributed by atoms with Crippen molar-refractivity contribution in [3.05, 3.63) is 29.3 Å². The van der Waals surface area contributed by atoms with Gasteiger partial charge in [0.2, 0.25) is 0 Å². The number of nitrogens with zero attached hydrogens (tertiary/aromatic N) is 1. The van der Waals surface area contributed by atoms with E-state index >= 15 is 0 Å². The Morgan fingerprint density at radius 2 is 2.12 bits per heavy atom. The van der Waals surface area contributed by atoms with E-state index in [-0.39, 0.29) is 5.84 Å². The Morgan fingerprint density at radius 3 is 2.71 bits per heavy atom. The third-order valence-corrected chi connectivity index (χ3v) is 2.43. The molecule has 4 nitrogen and oxygen atoms in total. The average Bonchev–Trinajstić information content (AvgIpc) is 2.23. The zero-order valence-electron chi connectivity index (χ0n) is 10.8. The molecule has 0 radical (unpaired) electrons. The number of hydrogen-bond donors (Lipinski definition) is 2. The molecule has 1 rings (SSSR count). The number of nitrogen functional groups attached to an aromatic ring is 1. The Kier molecular flexibility index (Phi) is 4.97. The number of ether oxygens (including phenoxy) is 1. The highest BCUT2D eigenvalue weighted by atomic mass is 16.5. The summed E-state index contributed by atoms with van der Waals surface area (Å²) in [6.07, 6.45) is 0.957. The summed E-state index contributed by atoms with van der Waals surface area (Å²) in [5.74, 6) is 0.754. The maximum absolute atomic E-state index is 7.48. The van der Waals surface area contributed by atoms with Crippen LogP contribution in [0.25, 0.3) is 0 Å². The van der Waals surface area contributed by atoms with Gasteiger partial charge in [0.25, 0.3) is 0 Å². The van der Waals surface area contributed by atoms with E-state index in [1.807, 2.05) is 39.2 Å². The molecule has 0 fully saturated rings. The first-order chi connectivity index (χ1) is 8.00. The molecule has 0 aromatic heterocycles. The fraction of sp³-hybridized carbons (Fsp3) is 0.462. The van der Waals surface area contributed by atoms with Crippen molar-refractivity contribution < 1.29 is 4.74 Å². The summed E-state index contributed by atoms with van der Waals surface area (Å²) in [7, 11) is 4.07. The quantitative estimate of drug-likeness (QED) is 0.447. The van der Waals surface area contributed by atoms with Crippen molar-refractivity contribution in [2.45, 2.75) is 13.3 Å². The summed E-state index contributed by atoms with van der Waals surface area (Å²) in [4.78, 5) is 2.12. The molecule has 3 N–H and O–H groups in total. The minimum absolute atomic E-state index is 0.0487. The van der Waals surface area contributed by atoms with Gasteiger partial charge in [-0.2, -0.15) is 0 Å². The van der Waals surface area contributed by atoms with Crippen LogP contribution < -0.4 is 10.5 Å². The number of amidine groups is 1. The lowest BCUT2D eigenvalue weighted by Gasteiger charge is -2.13. The third-order valence-electron chi connectivity index (χ3n) is 2.43. The van der Waals surface area contributed by atoms with E-state index in [0.717, 1.165) is 18.5 Å². The van der Waals surface area contributed by atoms with Crippen LogP contribution in [0.4, 0.5) is 0 Å². The van der Waals surface area contributed by atoms with Gasteiger partial charge >= 0.3 is 0 Å². The molecule has 17 heavy (non-hydrogen) atoms. The van der Waals surface area contributed by atoms with Crippen LogP contribution in [0.1, 0.15) is 17.5 Å². The number of benzene rings is 1. The lowest BCUT2D eigenvalue weighted by Crippen LogP contribution is -2.17. The lowest BCUT2D eigenvalue weighted by atomic mass is 10.1. The molecule has 0 saturated carbocycles. The number of aryl methyl sites for hydroxylation is 1. The SMILES string of the molecule is Cc1ccc(C(=N)N)c(OCCCN(C)C)c1. The van der Waals surface area contributed by atoms with Crippen LogP contribution in [-0.2, 0) is 0 Å². The molecule has 0 amide bonds. The molecule has 4 heteroatoms. The van der Waals surface area contributed by atoms with Crippen LogP contribution >= 0.6 is 0 Å². The second-order valence-electron chi connectivity index (χ2n) is 4.42. The molecule has 94 valence electrons. The molecule has 0 unspecified atom stereocenters. The van der Waals surface area contributed by atoms with Crippen molar-refractivity contribution in [1.82, 2.24) is 4.90 Å². The highest BCUT2D eigenvalue weighted by Gasteiger charge is 2.06. The van der Waals surface area contributed by atoms with E-state index in [4.69, 9.17) is 15.9 Å². The Hall–Kier alpha value is -1.55. The van der Waals surface area contributed by atoms with Crippen molar-refractivity contribution >= 4 is 5.84 Å². The van der Waals surface area contributed by atoms with Gasteiger partial charge in [-0.05, 0) is 45.1 Å². The normalized spacial score (nSPS) is 10.6. The van der Waals surface area contributed by atoms with Crippen molar-refractivity contribution in [2.24, 2.45) is 5.73 Å². The van der Waals surface area contributed by atoms with Gasteiger partial charge < -0.3 is 15.4 Å². The fourth-order valence-electron chi connectivity index (χ4n) is 1.53. The van der Waals surface area contributed by atoms with Crippen molar-refractivity contribution in [1.29, 1.82) is 5.41 Å². The molecule has 0 aliphatic rings. The van der Waals surface area contributed by atoms with Gasteiger partial charge in [-0.1, -0.05) is 6.07 Å². The maximum Gasteiger partial charge on any atom is 0.130 e. The minimum atomic E-state index is 0.0487. The lowest BCUT2D eigenvalue weighted by molar-refractivity contribution is 0.281. The zero-order chi connectivity index (χ0) is 12.8. The fourth-order valence-corrected chi connectivity index (χ4v) is 1.53. The second-order valence-corrected chi connectivity index (χ2v) is 4.42. The minimum Gasteiger partial charge on any atom is -0.493 e. The first-order valence-electron chi connectivity index (χ1n) is 5.73. The van der Waals surface area contributed by atoms with E-state index < -0.39 is 0 Å². The molecule has 0 heterocycles. The van der Waals surface area contributed by atoms with Crippen LogP contribution in [0.5, 0.6) is 5.75 Å². The maximum atomic E-state index is 7.48. The highest BCUT2D eigenvalue weighted by molar-refractivity contribution is 5.97. The van der Waals surface area contributed by atoms with E-state index in [1.165, 1.54) is 0 Å². The van der Waals surface area contributed by atoms with Gasteiger partial charge in [-0.15, -0.1) is 0 Å². The van der Waals surface area contributed by atoms with E-state index in [1.54, 1.807) is 0 Å². The Balaban J connectivity index is 2.62. The van der Waals surface area contributed by atoms with Crippen molar-refractivity contribution in [2.75, 3.05) is 27.2 Å². The largest absolute Gasteiger partial charge is 0.493 e. The first kappa shape index (κ1) is 13.5. The summed E-state index contributed by atoms with van der Waals surface area (Å²) in [5.41, 5.74) is 7.29. The van der Waals surface area contributed by atoms with Gasteiger partial charge in [0.05, 0.1) is 12.2 Å². The average molecular weight is 235 g/mol. The smallest absolute Gasteiger partial charge is 0.130 e. The van der Waals surface area contributed by atoms with E-state index in [9.17, 15) is 0 Å². The first-order valence-corrected chi connectivity index (χ1v) is 5.73. The topological polar surface area (TPSA) is 62.3 Å². The van der Waals surface area contributed by atoms with Crippen LogP contribution in [0, 0.1) is 12.3 Å². The van der Waals surface area contributed by atoms with Crippen molar-refractivity contribution in [3.8, 4) is 5.75 Å².